The van der Waals surface area contributed by atoms with Gasteiger partial charge in [0.2, 0.25) is 0 Å². The molecule has 9 rings (SSSR count). The van der Waals surface area contributed by atoms with E-state index in [0.717, 1.165) is 19.4 Å². The summed E-state index contributed by atoms with van der Waals surface area (Å²) in [5.41, 5.74) is -5.48. The van der Waals surface area contributed by atoms with Crippen LogP contribution in [0.5, 0.6) is 0 Å². The Morgan fingerprint density at radius 2 is 1.26 bits per heavy atom. The number of rotatable bonds is 15. The lowest BCUT2D eigenvalue weighted by Crippen LogP contribution is -2.77. The second kappa shape index (κ2) is 25.9. The molecule has 0 amide bonds. The summed E-state index contributed by atoms with van der Waals surface area (Å²) in [7, 11) is 0. The average Bonchev–Trinajstić information content (AvgIpc) is 0.664. The molecule has 4 heterocycles. The minimum absolute atomic E-state index is 0.168. The highest BCUT2D eigenvalue weighted by atomic mass is 16.8. The summed E-state index contributed by atoms with van der Waals surface area (Å²) < 4.78 is 67.0. The quantitative estimate of drug-likeness (QED) is 0.0299. The number of aliphatic carboxylic acids is 1. The van der Waals surface area contributed by atoms with Crippen LogP contribution in [0.3, 0.4) is 0 Å². The molecule has 512 valence electrons. The SMILES string of the molecule is CC=C(C)C(=O)OC1C(OC2OC(C)C(OC(C)=O)C(O)C2OC(C)=O)C(C)(C)CC2C3=CCC4C5(C)CCC(OC6OC(C(=O)O)C(O)C(OC7OCC(O)C(O)C7O)C6OC6OC(CO)C(O)C(O)C6O)C(C)(C)C5CCC4(C)C3(C)C(O)C(O)C21CO. The van der Waals surface area contributed by atoms with Crippen molar-refractivity contribution in [2.45, 2.75) is 269 Å². The van der Waals surface area contributed by atoms with Crippen molar-refractivity contribution < 1.29 is 138 Å². The topological polar surface area (TPSA) is 433 Å². The molecule has 5 aliphatic carbocycles. The number of carboxylic acid groups (broad SMARTS) is 1. The Morgan fingerprint density at radius 1 is 0.633 bits per heavy atom. The van der Waals surface area contributed by atoms with Gasteiger partial charge in [0.25, 0.3) is 0 Å². The van der Waals surface area contributed by atoms with Gasteiger partial charge in [-0.2, -0.15) is 0 Å². The van der Waals surface area contributed by atoms with Gasteiger partial charge in [0.1, 0.15) is 79.4 Å². The van der Waals surface area contributed by atoms with Gasteiger partial charge in [0.15, 0.2) is 43.5 Å². The Balaban J connectivity index is 1.05. The molecule has 28 heteroatoms. The molecule has 31 atom stereocenters. The molecule has 90 heavy (non-hydrogen) atoms. The molecule has 13 N–H and O–H groups in total. The monoisotopic (exact) mass is 1290 g/mol. The van der Waals surface area contributed by atoms with E-state index < -0.39 is 229 Å². The number of fused-ring (bicyclic) bond motifs is 7. The van der Waals surface area contributed by atoms with Crippen molar-refractivity contribution in [3.05, 3.63) is 23.3 Å². The van der Waals surface area contributed by atoms with E-state index in [1.165, 1.54) is 19.9 Å². The highest BCUT2D eigenvalue weighted by Crippen LogP contribution is 2.76. The van der Waals surface area contributed by atoms with Crippen LogP contribution in [0, 0.1) is 50.2 Å². The minimum Gasteiger partial charge on any atom is -0.479 e. The number of hydrogen-bond acceptors (Lipinski definition) is 27. The highest BCUT2D eigenvalue weighted by molar-refractivity contribution is 5.87. The average molecular weight is 1290 g/mol. The number of hydrogen-bond donors (Lipinski definition) is 13. The van der Waals surface area contributed by atoms with Crippen molar-refractivity contribution in [3.63, 3.8) is 0 Å². The van der Waals surface area contributed by atoms with Gasteiger partial charge in [-0.05, 0) is 98.7 Å². The number of ether oxygens (including phenoxy) is 11. The molecule has 0 aromatic rings. The van der Waals surface area contributed by atoms with E-state index in [1.807, 2.05) is 34.6 Å². The standard InChI is InChI=1S/C62H96O28/c1-13-24(2)52(79)89-50-49(90-55-45(83-27(5)66)40(73)42(25(3)81-55)82-26(4)65)57(6,7)20-29-28-14-15-33-59(10)18-17-34(58(8,9)32(59)16-19-60(33,11)61(28,12)47(75)48(76)62(29,50)23-64)85-56-46(88-54-39(72)37(70)36(69)31(21-63)84-54)43(41(74)44(87-56)51(77)78)86-53-38(71)35(68)30(67)22-80-53/h13-14,25,29-50,53-56,63-64,67-76H,15-23H2,1-12H3,(H,77,78). The number of carboxylic acids is 1. The van der Waals surface area contributed by atoms with Crippen LogP contribution in [0.25, 0.3) is 0 Å². The second-order valence-electron chi connectivity index (χ2n) is 28.7. The molecule has 4 saturated carbocycles. The Labute approximate surface area is 522 Å². The van der Waals surface area contributed by atoms with Crippen molar-refractivity contribution in [1.82, 2.24) is 0 Å². The molecule has 0 radical (unpaired) electrons. The second-order valence-corrected chi connectivity index (χ2v) is 28.7. The van der Waals surface area contributed by atoms with E-state index in [1.54, 1.807) is 6.92 Å². The van der Waals surface area contributed by atoms with Crippen LogP contribution in [0.1, 0.15) is 122 Å². The van der Waals surface area contributed by atoms with Crippen LogP contribution in [-0.2, 0) is 71.3 Å². The Hall–Kier alpha value is -3.44. The zero-order valence-corrected chi connectivity index (χ0v) is 53.0. The third-order valence-electron chi connectivity index (χ3n) is 23.0. The molecular formula is C62H96O28. The zero-order valence-electron chi connectivity index (χ0n) is 53.0. The first kappa shape index (κ1) is 70.9. The van der Waals surface area contributed by atoms with Crippen LogP contribution in [0.2, 0.25) is 0 Å². The van der Waals surface area contributed by atoms with Gasteiger partial charge < -0.3 is 118 Å². The summed E-state index contributed by atoms with van der Waals surface area (Å²) in [6, 6.07) is 0. The molecule has 0 spiro atoms. The van der Waals surface area contributed by atoms with Crippen LogP contribution < -0.4 is 0 Å². The molecule has 28 nitrogen and oxygen atoms in total. The first-order valence-corrected chi connectivity index (χ1v) is 31.3. The number of allylic oxidation sites excluding steroid dienone is 2. The van der Waals surface area contributed by atoms with Crippen LogP contribution in [-0.4, -0.2) is 257 Å². The maximum absolute atomic E-state index is 14.2. The van der Waals surface area contributed by atoms with Crippen LogP contribution in [0.15, 0.2) is 23.3 Å². The van der Waals surface area contributed by atoms with Crippen LogP contribution >= 0.6 is 0 Å². The smallest absolute Gasteiger partial charge is 0.335 e. The third kappa shape index (κ3) is 11.6. The fraction of sp³-hybridized carbons (Fsp3) is 0.871. The first-order chi connectivity index (χ1) is 41.9. The Morgan fingerprint density at radius 3 is 1.87 bits per heavy atom. The molecule has 8 fully saturated rings. The first-order valence-electron chi connectivity index (χ1n) is 31.3. The third-order valence-corrected chi connectivity index (χ3v) is 23.0. The molecule has 4 aliphatic heterocycles. The van der Waals surface area contributed by atoms with Crippen molar-refractivity contribution in [1.29, 1.82) is 0 Å². The summed E-state index contributed by atoms with van der Waals surface area (Å²) in [4.78, 5) is 52.0. The molecule has 9 aliphatic rings. The molecule has 0 aromatic carbocycles. The number of esters is 3. The predicted molar refractivity (Wildman–Crippen MR) is 304 cm³/mol. The van der Waals surface area contributed by atoms with Gasteiger partial charge in [-0.15, -0.1) is 0 Å². The van der Waals surface area contributed by atoms with E-state index in [9.17, 15) is 85.6 Å². The van der Waals surface area contributed by atoms with Crippen molar-refractivity contribution >= 4 is 23.9 Å². The van der Waals surface area contributed by atoms with Gasteiger partial charge in [-0.25, -0.2) is 9.59 Å². The fourth-order valence-corrected chi connectivity index (χ4v) is 17.8. The normalized spacial score (nSPS) is 49.9. The summed E-state index contributed by atoms with van der Waals surface area (Å²) in [5, 5.41) is 147. The fourth-order valence-electron chi connectivity index (χ4n) is 17.8. The number of carbonyl (C=O) groups excluding carboxylic acids is 3. The van der Waals surface area contributed by atoms with E-state index in [0.29, 0.717) is 25.7 Å². The van der Waals surface area contributed by atoms with Gasteiger partial charge in [0, 0.05) is 24.8 Å². The number of aliphatic hydroxyl groups is 12. The summed E-state index contributed by atoms with van der Waals surface area (Å²) in [6.45, 7) is 18.6. The number of carbonyl (C=O) groups is 4. The summed E-state index contributed by atoms with van der Waals surface area (Å²) in [6.07, 6.45) is -34.6. The summed E-state index contributed by atoms with van der Waals surface area (Å²) in [5.74, 6) is -5.28. The highest BCUT2D eigenvalue weighted by Gasteiger charge is 2.77. The largest absolute Gasteiger partial charge is 0.479 e. The summed E-state index contributed by atoms with van der Waals surface area (Å²) >= 11 is 0. The molecular weight excluding hydrogens is 1190 g/mol. The molecule has 0 bridgehead atoms. The van der Waals surface area contributed by atoms with E-state index >= 15 is 0 Å². The van der Waals surface area contributed by atoms with Crippen LogP contribution in [0.4, 0.5) is 0 Å². The van der Waals surface area contributed by atoms with Gasteiger partial charge in [-0.3, -0.25) is 9.59 Å². The molecule has 4 saturated heterocycles. The molecule has 0 aromatic heterocycles. The lowest BCUT2D eigenvalue weighted by Gasteiger charge is -2.73. The maximum Gasteiger partial charge on any atom is 0.335 e. The Kier molecular flexibility index (Phi) is 20.4. The lowest BCUT2D eigenvalue weighted by molar-refractivity contribution is -0.392. The predicted octanol–water partition coefficient (Wildman–Crippen LogP) is -1.26. The number of aliphatic hydroxyl groups excluding tert-OH is 12. The van der Waals surface area contributed by atoms with Crippen molar-refractivity contribution in [2.75, 3.05) is 19.8 Å². The molecule has 31 unspecified atom stereocenters. The van der Waals surface area contributed by atoms with Crippen molar-refractivity contribution in [2.24, 2.45) is 50.2 Å². The minimum atomic E-state index is -2.16. The van der Waals surface area contributed by atoms with Gasteiger partial charge in [0.05, 0.1) is 49.7 Å². The van der Waals surface area contributed by atoms with Crippen molar-refractivity contribution in [3.8, 4) is 0 Å². The lowest BCUT2D eigenvalue weighted by atomic mass is 9.32. The van der Waals surface area contributed by atoms with E-state index in [4.69, 9.17) is 52.1 Å². The van der Waals surface area contributed by atoms with Gasteiger partial charge >= 0.3 is 23.9 Å². The zero-order chi connectivity index (χ0) is 66.6. The van der Waals surface area contributed by atoms with E-state index in [-0.39, 0.29) is 30.3 Å². The Bertz CT molecular complexity index is 2690. The van der Waals surface area contributed by atoms with E-state index in [2.05, 4.69) is 19.9 Å². The van der Waals surface area contributed by atoms with Gasteiger partial charge in [-0.1, -0.05) is 66.2 Å². The maximum atomic E-state index is 14.2.